The smallest absolute Gasteiger partial charge is 0.338 e. The van der Waals surface area contributed by atoms with Crippen LogP contribution in [0.25, 0.3) is 17.4 Å². The van der Waals surface area contributed by atoms with Gasteiger partial charge in [-0.2, -0.15) is 0 Å². The van der Waals surface area contributed by atoms with Crippen LogP contribution in [0.5, 0.6) is 0 Å². The largest absolute Gasteiger partial charge is 0.465 e. The number of benzene rings is 1. The van der Waals surface area contributed by atoms with Crippen molar-refractivity contribution in [2.45, 2.75) is 13.8 Å². The standard InChI is InChI=1S/C21H19NO7S/c1-3-27-18(23)12-22-19(24)17(30-21(22)26)11-15-8-9-16(29-15)13-6-5-7-14(10-13)20(25)28-4-2/h5-11H,3-4,12H2,1-2H3/b17-11-. The molecule has 1 fully saturated rings. The second kappa shape index (κ2) is 9.45. The highest BCUT2D eigenvalue weighted by Gasteiger charge is 2.36. The number of nitrogens with zero attached hydrogens (tertiary/aromatic N) is 1. The molecule has 1 aliphatic heterocycles. The topological polar surface area (TPSA) is 103 Å². The van der Waals surface area contributed by atoms with Gasteiger partial charge in [0.1, 0.15) is 18.1 Å². The van der Waals surface area contributed by atoms with E-state index >= 15 is 0 Å². The fourth-order valence-electron chi connectivity index (χ4n) is 2.70. The first kappa shape index (κ1) is 21.4. The molecule has 2 aromatic rings. The monoisotopic (exact) mass is 429 g/mol. The van der Waals surface area contributed by atoms with E-state index < -0.39 is 29.6 Å². The van der Waals surface area contributed by atoms with Gasteiger partial charge in [-0.3, -0.25) is 19.3 Å². The SMILES string of the molecule is CCOC(=O)CN1C(=O)S/C(=C\c2ccc(-c3cccc(C(=O)OCC)c3)o2)C1=O. The van der Waals surface area contributed by atoms with Crippen LogP contribution in [0.1, 0.15) is 30.0 Å². The molecule has 30 heavy (non-hydrogen) atoms. The van der Waals surface area contributed by atoms with Crippen LogP contribution in [-0.2, 0) is 19.1 Å². The van der Waals surface area contributed by atoms with Gasteiger partial charge in [-0.1, -0.05) is 12.1 Å². The molecule has 1 aliphatic rings. The number of furan rings is 1. The number of hydrogen-bond acceptors (Lipinski definition) is 8. The summed E-state index contributed by atoms with van der Waals surface area (Å²) in [7, 11) is 0. The van der Waals surface area contributed by atoms with Gasteiger partial charge < -0.3 is 13.9 Å². The third-order valence-corrected chi connectivity index (χ3v) is 4.93. The van der Waals surface area contributed by atoms with Crippen LogP contribution >= 0.6 is 11.8 Å². The van der Waals surface area contributed by atoms with Gasteiger partial charge in [0, 0.05) is 11.6 Å². The first-order valence-corrected chi connectivity index (χ1v) is 10.0. The van der Waals surface area contributed by atoms with E-state index in [1.54, 1.807) is 50.2 Å². The quantitative estimate of drug-likeness (QED) is 0.485. The zero-order valence-corrected chi connectivity index (χ0v) is 17.2. The lowest BCUT2D eigenvalue weighted by Gasteiger charge is -2.10. The molecule has 1 saturated heterocycles. The van der Waals surface area contributed by atoms with Gasteiger partial charge in [0.25, 0.3) is 11.1 Å². The van der Waals surface area contributed by atoms with Crippen LogP contribution in [-0.4, -0.2) is 47.7 Å². The number of amides is 2. The molecule has 0 radical (unpaired) electrons. The zero-order valence-electron chi connectivity index (χ0n) is 16.4. The van der Waals surface area contributed by atoms with Crippen molar-refractivity contribution >= 4 is 40.9 Å². The fourth-order valence-corrected chi connectivity index (χ4v) is 3.52. The second-order valence-corrected chi connectivity index (χ2v) is 7.07. The molecule has 8 nitrogen and oxygen atoms in total. The summed E-state index contributed by atoms with van der Waals surface area (Å²) in [6.45, 7) is 3.38. The van der Waals surface area contributed by atoms with Crippen molar-refractivity contribution in [3.63, 3.8) is 0 Å². The maximum Gasteiger partial charge on any atom is 0.338 e. The highest BCUT2D eigenvalue weighted by Crippen LogP contribution is 2.33. The van der Waals surface area contributed by atoms with E-state index in [-0.39, 0.29) is 18.1 Å². The number of imide groups is 1. The number of rotatable bonds is 7. The Hall–Kier alpha value is -3.33. The van der Waals surface area contributed by atoms with Crippen molar-refractivity contribution in [2.24, 2.45) is 0 Å². The highest BCUT2D eigenvalue weighted by molar-refractivity contribution is 8.18. The lowest BCUT2D eigenvalue weighted by molar-refractivity contribution is -0.145. The third kappa shape index (κ3) is 4.80. The molecule has 0 unspecified atom stereocenters. The van der Waals surface area contributed by atoms with E-state index in [2.05, 4.69) is 0 Å². The van der Waals surface area contributed by atoms with Gasteiger partial charge in [0.15, 0.2) is 0 Å². The minimum atomic E-state index is -0.650. The number of carbonyl (C=O) groups excluding carboxylic acids is 4. The lowest BCUT2D eigenvalue weighted by atomic mass is 10.1. The van der Waals surface area contributed by atoms with Crippen LogP contribution in [0.15, 0.2) is 45.7 Å². The van der Waals surface area contributed by atoms with E-state index in [4.69, 9.17) is 13.9 Å². The van der Waals surface area contributed by atoms with Gasteiger partial charge in [0.05, 0.1) is 23.7 Å². The Labute approximate surface area is 176 Å². The average molecular weight is 429 g/mol. The fraction of sp³-hybridized carbons (Fsp3) is 0.238. The van der Waals surface area contributed by atoms with E-state index in [9.17, 15) is 19.2 Å². The molecule has 9 heteroatoms. The predicted molar refractivity (Wildman–Crippen MR) is 109 cm³/mol. The molecule has 0 saturated carbocycles. The third-order valence-electron chi connectivity index (χ3n) is 4.02. The van der Waals surface area contributed by atoms with Gasteiger partial charge in [-0.25, -0.2) is 4.79 Å². The van der Waals surface area contributed by atoms with Crippen LogP contribution < -0.4 is 0 Å². The maximum atomic E-state index is 12.4. The minimum absolute atomic E-state index is 0.144. The molecular formula is C21H19NO7S. The first-order valence-electron chi connectivity index (χ1n) is 9.21. The first-order chi connectivity index (χ1) is 14.4. The molecule has 156 valence electrons. The molecule has 0 atom stereocenters. The zero-order chi connectivity index (χ0) is 21.7. The number of hydrogen-bond donors (Lipinski definition) is 0. The van der Waals surface area contributed by atoms with Gasteiger partial charge >= 0.3 is 11.9 Å². The average Bonchev–Trinajstić information content (AvgIpc) is 3.29. The maximum absolute atomic E-state index is 12.4. The van der Waals surface area contributed by atoms with E-state index in [1.165, 1.54) is 6.08 Å². The second-order valence-electron chi connectivity index (χ2n) is 6.08. The molecule has 1 aromatic heterocycles. The Morgan fingerprint density at radius 3 is 2.60 bits per heavy atom. The Balaban J connectivity index is 1.77. The summed E-state index contributed by atoms with van der Waals surface area (Å²) in [5.41, 5.74) is 1.06. The van der Waals surface area contributed by atoms with Gasteiger partial charge in [0.2, 0.25) is 0 Å². The highest BCUT2D eigenvalue weighted by atomic mass is 32.2. The van der Waals surface area contributed by atoms with Gasteiger partial charge in [-0.05, 0) is 49.9 Å². The summed E-state index contributed by atoms with van der Waals surface area (Å²) in [6.07, 6.45) is 1.44. The lowest BCUT2D eigenvalue weighted by Crippen LogP contribution is -2.34. The number of esters is 2. The summed E-state index contributed by atoms with van der Waals surface area (Å²) in [6, 6.07) is 10.1. The Bertz CT molecular complexity index is 1020. The van der Waals surface area contributed by atoms with E-state index in [0.717, 1.165) is 16.7 Å². The molecule has 3 rings (SSSR count). The Kier molecular flexibility index (Phi) is 6.73. The van der Waals surface area contributed by atoms with Crippen molar-refractivity contribution < 1.29 is 33.1 Å². The molecule has 0 bridgehead atoms. The summed E-state index contributed by atoms with van der Waals surface area (Å²) in [5.74, 6) is -0.823. The van der Waals surface area contributed by atoms with Crippen LogP contribution in [0.4, 0.5) is 4.79 Å². The van der Waals surface area contributed by atoms with Crippen molar-refractivity contribution in [1.82, 2.24) is 4.90 Å². The molecule has 0 aliphatic carbocycles. The number of thioether (sulfide) groups is 1. The molecule has 2 amide bonds. The van der Waals surface area contributed by atoms with E-state index in [1.807, 2.05) is 0 Å². The summed E-state index contributed by atoms with van der Waals surface area (Å²) in [4.78, 5) is 49.0. The molecule has 1 aromatic carbocycles. The molecule has 0 spiro atoms. The van der Waals surface area contributed by atoms with Crippen molar-refractivity contribution in [3.8, 4) is 11.3 Å². The minimum Gasteiger partial charge on any atom is -0.465 e. The normalized spacial score (nSPS) is 15.0. The Morgan fingerprint density at radius 1 is 1.10 bits per heavy atom. The Morgan fingerprint density at radius 2 is 1.87 bits per heavy atom. The van der Waals surface area contributed by atoms with E-state index in [0.29, 0.717) is 22.6 Å². The van der Waals surface area contributed by atoms with Crippen LogP contribution in [0, 0.1) is 0 Å². The summed E-state index contributed by atoms with van der Waals surface area (Å²) in [5, 5.41) is -0.548. The molecule has 2 heterocycles. The van der Waals surface area contributed by atoms with Gasteiger partial charge in [-0.15, -0.1) is 0 Å². The summed E-state index contributed by atoms with van der Waals surface area (Å²) >= 11 is 0.723. The van der Waals surface area contributed by atoms with Crippen molar-refractivity contribution in [1.29, 1.82) is 0 Å². The van der Waals surface area contributed by atoms with Crippen molar-refractivity contribution in [3.05, 3.63) is 52.6 Å². The summed E-state index contributed by atoms with van der Waals surface area (Å²) < 4.78 is 15.5. The number of ether oxygens (including phenoxy) is 2. The van der Waals surface area contributed by atoms with Crippen LogP contribution in [0.3, 0.4) is 0 Å². The van der Waals surface area contributed by atoms with Crippen molar-refractivity contribution in [2.75, 3.05) is 19.8 Å². The molecular weight excluding hydrogens is 410 g/mol. The predicted octanol–water partition coefficient (Wildman–Crippen LogP) is 3.72. The number of carbonyl (C=O) groups is 4. The molecule has 0 N–H and O–H groups in total. The van der Waals surface area contributed by atoms with Crippen LogP contribution in [0.2, 0.25) is 0 Å².